The van der Waals surface area contributed by atoms with E-state index in [-0.39, 0.29) is 11.8 Å². The molecule has 0 bridgehead atoms. The molecule has 1 fully saturated rings. The van der Waals surface area contributed by atoms with E-state index in [1.54, 1.807) is 0 Å². The molecule has 1 aliphatic heterocycles. The van der Waals surface area contributed by atoms with Crippen LogP contribution in [-0.4, -0.2) is 25.5 Å². The van der Waals surface area contributed by atoms with Gasteiger partial charge in [-0.05, 0) is 19.4 Å². The van der Waals surface area contributed by atoms with Gasteiger partial charge < -0.3 is 10.6 Å². The van der Waals surface area contributed by atoms with Crippen LogP contribution in [-0.2, 0) is 4.79 Å². The van der Waals surface area contributed by atoms with Gasteiger partial charge in [-0.2, -0.15) is 0 Å². The molecular formula is C9H15ClN2O. The first kappa shape index (κ1) is 10.5. The predicted octanol–water partition coefficient (Wildman–Crippen LogP) is 0.855. The fourth-order valence-electron chi connectivity index (χ4n) is 1.40. The molecule has 1 heterocycles. The molecule has 0 unspecified atom stereocenters. The van der Waals surface area contributed by atoms with E-state index in [9.17, 15) is 4.79 Å². The molecule has 0 radical (unpaired) electrons. The summed E-state index contributed by atoms with van der Waals surface area (Å²) < 4.78 is 0. The maximum atomic E-state index is 11.5. The van der Waals surface area contributed by atoms with E-state index in [1.165, 1.54) is 0 Å². The smallest absolute Gasteiger partial charge is 0.224 e. The molecule has 3 nitrogen and oxygen atoms in total. The van der Waals surface area contributed by atoms with E-state index in [4.69, 9.17) is 11.6 Å². The van der Waals surface area contributed by atoms with Crippen molar-refractivity contribution >= 4 is 17.5 Å². The van der Waals surface area contributed by atoms with Crippen LogP contribution in [0.2, 0.25) is 0 Å². The van der Waals surface area contributed by atoms with Crippen molar-refractivity contribution in [1.29, 1.82) is 0 Å². The lowest BCUT2D eigenvalue weighted by Gasteiger charge is -2.21. The Morgan fingerprint density at radius 1 is 1.69 bits per heavy atom. The lowest BCUT2D eigenvalue weighted by molar-refractivity contribution is -0.125. The Bertz CT molecular complexity index is 200. The largest absolute Gasteiger partial charge is 0.351 e. The maximum absolute atomic E-state index is 11.5. The quantitative estimate of drug-likeness (QED) is 0.713. The Morgan fingerprint density at radius 2 is 2.46 bits per heavy atom. The lowest BCUT2D eigenvalue weighted by Crippen LogP contribution is -2.40. The minimum absolute atomic E-state index is 0.0778. The second kappa shape index (κ2) is 5.25. The molecule has 1 aliphatic rings. The number of hydrogen-bond acceptors (Lipinski definition) is 2. The molecular weight excluding hydrogens is 188 g/mol. The Labute approximate surface area is 83.5 Å². The first-order chi connectivity index (χ1) is 6.20. The zero-order valence-corrected chi connectivity index (χ0v) is 8.36. The Morgan fingerprint density at radius 3 is 3.00 bits per heavy atom. The lowest BCUT2D eigenvalue weighted by atomic mass is 9.99. The molecule has 0 spiro atoms. The van der Waals surface area contributed by atoms with Gasteiger partial charge in [0, 0.05) is 11.6 Å². The second-order valence-electron chi connectivity index (χ2n) is 3.28. The molecule has 0 saturated carbocycles. The Hall–Kier alpha value is -0.540. The van der Waals surface area contributed by atoms with Crippen LogP contribution in [0.25, 0.3) is 0 Å². The van der Waals surface area contributed by atoms with Gasteiger partial charge in [0.05, 0.1) is 12.5 Å². The molecule has 13 heavy (non-hydrogen) atoms. The summed E-state index contributed by atoms with van der Waals surface area (Å²) in [6, 6.07) is 0. The molecule has 1 amide bonds. The van der Waals surface area contributed by atoms with E-state index in [0.29, 0.717) is 11.6 Å². The van der Waals surface area contributed by atoms with Gasteiger partial charge in [-0.25, -0.2) is 0 Å². The topological polar surface area (TPSA) is 41.1 Å². The number of piperidine rings is 1. The van der Waals surface area contributed by atoms with Crippen LogP contribution >= 0.6 is 11.6 Å². The van der Waals surface area contributed by atoms with Gasteiger partial charge in [0.2, 0.25) is 5.91 Å². The number of carbonyl (C=O) groups is 1. The summed E-state index contributed by atoms with van der Waals surface area (Å²) in [4.78, 5) is 11.5. The summed E-state index contributed by atoms with van der Waals surface area (Å²) in [5, 5.41) is 6.40. The van der Waals surface area contributed by atoms with Crippen molar-refractivity contribution in [2.24, 2.45) is 5.92 Å². The molecule has 4 heteroatoms. The summed E-state index contributed by atoms with van der Waals surface area (Å²) in [6.07, 6.45) is 2.04. The number of halogens is 1. The first-order valence-electron chi connectivity index (χ1n) is 4.52. The number of amides is 1. The monoisotopic (exact) mass is 202 g/mol. The zero-order valence-electron chi connectivity index (χ0n) is 7.61. The van der Waals surface area contributed by atoms with Gasteiger partial charge in [-0.1, -0.05) is 18.2 Å². The van der Waals surface area contributed by atoms with Crippen molar-refractivity contribution in [1.82, 2.24) is 10.6 Å². The molecule has 0 aromatic heterocycles. The van der Waals surface area contributed by atoms with Crippen molar-refractivity contribution in [3.8, 4) is 0 Å². The summed E-state index contributed by atoms with van der Waals surface area (Å²) in [5.74, 6) is 0.179. The molecule has 1 saturated heterocycles. The van der Waals surface area contributed by atoms with Gasteiger partial charge in [-0.3, -0.25) is 4.79 Å². The predicted molar refractivity (Wildman–Crippen MR) is 53.6 cm³/mol. The van der Waals surface area contributed by atoms with Gasteiger partial charge in [0.15, 0.2) is 0 Å². The van der Waals surface area contributed by atoms with Crippen molar-refractivity contribution in [3.63, 3.8) is 0 Å². The third-order valence-corrected chi connectivity index (χ3v) is 2.26. The van der Waals surface area contributed by atoms with E-state index in [1.807, 2.05) is 0 Å². The summed E-state index contributed by atoms with van der Waals surface area (Å²) in [6.45, 7) is 5.68. The second-order valence-corrected chi connectivity index (χ2v) is 3.81. The van der Waals surface area contributed by atoms with Crippen molar-refractivity contribution in [2.75, 3.05) is 19.6 Å². The highest BCUT2D eigenvalue weighted by Gasteiger charge is 2.20. The van der Waals surface area contributed by atoms with E-state index in [0.717, 1.165) is 25.9 Å². The normalized spacial score (nSPS) is 22.4. The van der Waals surface area contributed by atoms with Crippen molar-refractivity contribution < 1.29 is 4.79 Å². The Kier molecular flexibility index (Phi) is 4.25. The molecule has 0 aromatic rings. The minimum Gasteiger partial charge on any atom is -0.351 e. The SMILES string of the molecule is C=C(Cl)CNC(=O)[C@H]1CCCNC1. The number of nitrogens with one attached hydrogen (secondary N) is 2. The van der Waals surface area contributed by atoms with E-state index in [2.05, 4.69) is 17.2 Å². The molecule has 0 aliphatic carbocycles. The van der Waals surface area contributed by atoms with Crippen LogP contribution in [0.4, 0.5) is 0 Å². The third-order valence-electron chi connectivity index (χ3n) is 2.12. The average Bonchev–Trinajstić information content (AvgIpc) is 2.15. The van der Waals surface area contributed by atoms with Crippen LogP contribution in [0.15, 0.2) is 11.6 Å². The van der Waals surface area contributed by atoms with Gasteiger partial charge >= 0.3 is 0 Å². The summed E-state index contributed by atoms with van der Waals surface area (Å²) in [5.41, 5.74) is 0. The highest BCUT2D eigenvalue weighted by molar-refractivity contribution is 6.29. The highest BCUT2D eigenvalue weighted by atomic mass is 35.5. The van der Waals surface area contributed by atoms with Gasteiger partial charge in [0.1, 0.15) is 0 Å². The summed E-state index contributed by atoms with van der Waals surface area (Å²) >= 11 is 5.54. The number of hydrogen-bond donors (Lipinski definition) is 2. The molecule has 2 N–H and O–H groups in total. The van der Waals surface area contributed by atoms with Crippen LogP contribution in [0.3, 0.4) is 0 Å². The fraction of sp³-hybridized carbons (Fsp3) is 0.667. The average molecular weight is 203 g/mol. The minimum atomic E-state index is 0.0778. The molecule has 1 atom stereocenters. The van der Waals surface area contributed by atoms with Gasteiger partial charge in [0.25, 0.3) is 0 Å². The molecule has 1 rings (SSSR count). The van der Waals surface area contributed by atoms with Gasteiger partial charge in [-0.15, -0.1) is 0 Å². The zero-order chi connectivity index (χ0) is 9.68. The van der Waals surface area contributed by atoms with Crippen LogP contribution in [0, 0.1) is 5.92 Å². The number of carbonyl (C=O) groups excluding carboxylic acids is 1. The van der Waals surface area contributed by atoms with Crippen LogP contribution in [0.1, 0.15) is 12.8 Å². The molecule has 0 aromatic carbocycles. The standard InChI is InChI=1S/C9H15ClN2O/c1-7(10)5-12-9(13)8-3-2-4-11-6-8/h8,11H,1-6H2,(H,12,13)/t8-/m0/s1. The van der Waals surface area contributed by atoms with E-state index >= 15 is 0 Å². The van der Waals surface area contributed by atoms with Crippen LogP contribution in [0.5, 0.6) is 0 Å². The van der Waals surface area contributed by atoms with E-state index < -0.39 is 0 Å². The fourth-order valence-corrected chi connectivity index (χ4v) is 1.47. The maximum Gasteiger partial charge on any atom is 0.224 e. The van der Waals surface area contributed by atoms with Crippen molar-refractivity contribution in [2.45, 2.75) is 12.8 Å². The summed E-state index contributed by atoms with van der Waals surface area (Å²) in [7, 11) is 0. The van der Waals surface area contributed by atoms with Crippen LogP contribution < -0.4 is 10.6 Å². The highest BCUT2D eigenvalue weighted by Crippen LogP contribution is 2.09. The molecule has 74 valence electrons. The third kappa shape index (κ3) is 3.79. The van der Waals surface area contributed by atoms with Crippen molar-refractivity contribution in [3.05, 3.63) is 11.6 Å². The first-order valence-corrected chi connectivity index (χ1v) is 4.89. The Balaban J connectivity index is 2.25. The number of rotatable bonds is 3.